The van der Waals surface area contributed by atoms with Crippen LogP contribution in [0, 0.1) is 11.6 Å². The van der Waals surface area contributed by atoms with Crippen LogP contribution in [-0.4, -0.2) is 17.2 Å². The van der Waals surface area contributed by atoms with Gasteiger partial charge in [-0.25, -0.2) is 8.78 Å². The third-order valence-electron chi connectivity index (χ3n) is 2.67. The van der Waals surface area contributed by atoms with Gasteiger partial charge in [-0.2, -0.15) is 4.98 Å². The molecule has 6 heteroatoms. The molecular formula is C12H13F2N3O. The highest BCUT2D eigenvalue weighted by molar-refractivity contribution is 5.54. The molecule has 0 saturated carbocycles. The lowest BCUT2D eigenvalue weighted by Crippen LogP contribution is -2.15. The van der Waals surface area contributed by atoms with Gasteiger partial charge in [-0.3, -0.25) is 0 Å². The summed E-state index contributed by atoms with van der Waals surface area (Å²) >= 11 is 0. The molecule has 0 amide bonds. The van der Waals surface area contributed by atoms with Crippen LogP contribution in [0.15, 0.2) is 22.7 Å². The van der Waals surface area contributed by atoms with Crippen LogP contribution in [0.2, 0.25) is 0 Å². The molecule has 2 rings (SSSR count). The second-order valence-corrected chi connectivity index (χ2v) is 3.83. The maximum atomic E-state index is 13.1. The van der Waals surface area contributed by atoms with Gasteiger partial charge in [0.05, 0.1) is 6.04 Å². The Morgan fingerprint density at radius 1 is 1.33 bits per heavy atom. The topological polar surface area (TPSA) is 51.0 Å². The second kappa shape index (κ2) is 5.22. The average Bonchev–Trinajstić information content (AvgIpc) is 2.84. The Labute approximate surface area is 103 Å². The Hall–Kier alpha value is -1.82. The van der Waals surface area contributed by atoms with Crippen LogP contribution in [-0.2, 0) is 0 Å². The highest BCUT2D eigenvalue weighted by atomic mass is 19.2. The largest absolute Gasteiger partial charge is 0.337 e. The third-order valence-corrected chi connectivity index (χ3v) is 2.67. The molecule has 1 aromatic heterocycles. The predicted octanol–water partition coefficient (Wildman–Crippen LogP) is 2.69. The first kappa shape index (κ1) is 12.6. The van der Waals surface area contributed by atoms with Crippen LogP contribution >= 0.6 is 0 Å². The smallest absolute Gasteiger partial charge is 0.244 e. The van der Waals surface area contributed by atoms with E-state index >= 15 is 0 Å². The fourth-order valence-corrected chi connectivity index (χ4v) is 1.63. The predicted molar refractivity (Wildman–Crippen MR) is 61.7 cm³/mol. The Balaban J connectivity index is 2.31. The summed E-state index contributed by atoms with van der Waals surface area (Å²) in [4.78, 5) is 4.16. The minimum atomic E-state index is -0.931. The zero-order valence-electron chi connectivity index (χ0n) is 10.1. The van der Waals surface area contributed by atoms with Gasteiger partial charge in [-0.05, 0) is 31.7 Å². The van der Waals surface area contributed by atoms with E-state index in [2.05, 4.69) is 15.5 Å². The van der Waals surface area contributed by atoms with Crippen molar-refractivity contribution in [3.8, 4) is 11.4 Å². The van der Waals surface area contributed by atoms with E-state index in [1.165, 1.54) is 6.07 Å². The number of halogens is 2. The summed E-state index contributed by atoms with van der Waals surface area (Å²) in [5.74, 6) is -1.15. The first-order chi connectivity index (χ1) is 8.65. The van der Waals surface area contributed by atoms with Gasteiger partial charge in [0.15, 0.2) is 11.6 Å². The summed E-state index contributed by atoms with van der Waals surface area (Å²) in [5, 5.41) is 6.78. The van der Waals surface area contributed by atoms with Crippen LogP contribution in [0.3, 0.4) is 0 Å². The molecule has 0 saturated heterocycles. The molecule has 96 valence electrons. The van der Waals surface area contributed by atoms with E-state index in [-0.39, 0.29) is 11.9 Å². The van der Waals surface area contributed by atoms with Gasteiger partial charge in [0.25, 0.3) is 0 Å². The number of rotatable bonds is 4. The Morgan fingerprint density at radius 2 is 2.11 bits per heavy atom. The van der Waals surface area contributed by atoms with E-state index < -0.39 is 11.6 Å². The quantitative estimate of drug-likeness (QED) is 0.910. The molecule has 0 radical (unpaired) electrons. The van der Waals surface area contributed by atoms with Crippen molar-refractivity contribution in [1.29, 1.82) is 0 Å². The summed E-state index contributed by atoms with van der Waals surface area (Å²) in [6, 6.07) is 3.45. The summed E-state index contributed by atoms with van der Waals surface area (Å²) in [6.45, 7) is 1.97. The summed E-state index contributed by atoms with van der Waals surface area (Å²) in [5.41, 5.74) is 0.384. The molecule has 1 atom stereocenters. The Kier molecular flexibility index (Phi) is 3.66. The van der Waals surface area contributed by atoms with E-state index in [4.69, 9.17) is 4.52 Å². The van der Waals surface area contributed by atoms with Gasteiger partial charge in [0.2, 0.25) is 11.7 Å². The Bertz CT molecular complexity index is 538. The second-order valence-electron chi connectivity index (χ2n) is 3.83. The number of benzene rings is 1. The van der Waals surface area contributed by atoms with Crippen molar-refractivity contribution in [1.82, 2.24) is 15.5 Å². The number of aromatic nitrogens is 2. The molecular weight excluding hydrogens is 240 g/mol. The SMILES string of the molecule is CCC(NC)c1nc(-c2ccc(F)c(F)c2)no1. The van der Waals surface area contributed by atoms with Crippen molar-refractivity contribution in [2.24, 2.45) is 0 Å². The zero-order valence-corrected chi connectivity index (χ0v) is 10.1. The molecule has 0 fully saturated rings. The summed E-state index contributed by atoms with van der Waals surface area (Å²) in [6.07, 6.45) is 0.788. The van der Waals surface area contributed by atoms with Gasteiger partial charge in [0.1, 0.15) is 0 Å². The van der Waals surface area contributed by atoms with Crippen molar-refractivity contribution in [3.63, 3.8) is 0 Å². The van der Waals surface area contributed by atoms with Gasteiger partial charge in [-0.1, -0.05) is 12.1 Å². The first-order valence-electron chi connectivity index (χ1n) is 5.62. The summed E-state index contributed by atoms with van der Waals surface area (Å²) < 4.78 is 31.0. The normalized spacial score (nSPS) is 12.7. The number of hydrogen-bond acceptors (Lipinski definition) is 4. The van der Waals surface area contributed by atoms with Crippen LogP contribution in [0.5, 0.6) is 0 Å². The van der Waals surface area contributed by atoms with E-state index in [9.17, 15) is 8.78 Å². The standard InChI is InChI=1S/C12H13F2N3O/c1-3-10(15-2)12-16-11(17-18-12)7-4-5-8(13)9(14)6-7/h4-6,10,15H,3H2,1-2H3. The van der Waals surface area contributed by atoms with Crippen molar-refractivity contribution in [2.75, 3.05) is 7.05 Å². The van der Waals surface area contributed by atoms with Crippen LogP contribution in [0.4, 0.5) is 8.78 Å². The van der Waals surface area contributed by atoms with Gasteiger partial charge in [0, 0.05) is 5.56 Å². The molecule has 1 unspecified atom stereocenters. The van der Waals surface area contributed by atoms with Crippen LogP contribution in [0.1, 0.15) is 25.3 Å². The molecule has 18 heavy (non-hydrogen) atoms. The lowest BCUT2D eigenvalue weighted by Gasteiger charge is -2.06. The highest BCUT2D eigenvalue weighted by Crippen LogP contribution is 2.21. The van der Waals surface area contributed by atoms with Gasteiger partial charge in [-0.15, -0.1) is 0 Å². The lowest BCUT2D eigenvalue weighted by molar-refractivity contribution is 0.334. The molecule has 1 N–H and O–H groups in total. The number of hydrogen-bond donors (Lipinski definition) is 1. The molecule has 0 bridgehead atoms. The van der Waals surface area contributed by atoms with E-state index in [0.29, 0.717) is 11.5 Å². The maximum Gasteiger partial charge on any atom is 0.244 e. The first-order valence-corrected chi connectivity index (χ1v) is 5.62. The minimum Gasteiger partial charge on any atom is -0.337 e. The van der Waals surface area contributed by atoms with Crippen LogP contribution < -0.4 is 5.32 Å². The maximum absolute atomic E-state index is 13.1. The molecule has 1 heterocycles. The molecule has 1 aromatic carbocycles. The number of nitrogens with one attached hydrogen (secondary N) is 1. The fourth-order valence-electron chi connectivity index (χ4n) is 1.63. The zero-order chi connectivity index (χ0) is 13.1. The number of nitrogens with zero attached hydrogens (tertiary/aromatic N) is 2. The average molecular weight is 253 g/mol. The van der Waals surface area contributed by atoms with Crippen LogP contribution in [0.25, 0.3) is 11.4 Å². The van der Waals surface area contributed by atoms with E-state index in [1.807, 2.05) is 6.92 Å². The van der Waals surface area contributed by atoms with Crippen molar-refractivity contribution in [2.45, 2.75) is 19.4 Å². The molecule has 0 spiro atoms. The van der Waals surface area contributed by atoms with Crippen molar-refractivity contribution >= 4 is 0 Å². The minimum absolute atomic E-state index is 0.0449. The monoisotopic (exact) mass is 253 g/mol. The van der Waals surface area contributed by atoms with Crippen molar-refractivity contribution in [3.05, 3.63) is 35.7 Å². The third kappa shape index (κ3) is 2.38. The fraction of sp³-hybridized carbons (Fsp3) is 0.333. The molecule has 2 aromatic rings. The molecule has 0 aliphatic carbocycles. The Morgan fingerprint density at radius 3 is 2.72 bits per heavy atom. The van der Waals surface area contributed by atoms with Crippen molar-refractivity contribution < 1.29 is 13.3 Å². The van der Waals surface area contributed by atoms with E-state index in [1.54, 1.807) is 7.05 Å². The van der Waals surface area contributed by atoms with Gasteiger partial charge < -0.3 is 9.84 Å². The lowest BCUT2D eigenvalue weighted by atomic mass is 10.2. The molecule has 4 nitrogen and oxygen atoms in total. The highest BCUT2D eigenvalue weighted by Gasteiger charge is 2.16. The van der Waals surface area contributed by atoms with Gasteiger partial charge >= 0.3 is 0 Å². The van der Waals surface area contributed by atoms with E-state index in [0.717, 1.165) is 18.6 Å². The molecule has 0 aliphatic heterocycles. The molecule has 0 aliphatic rings. The summed E-state index contributed by atoms with van der Waals surface area (Å²) in [7, 11) is 1.79.